The van der Waals surface area contributed by atoms with Crippen molar-refractivity contribution in [3.05, 3.63) is 81.6 Å². The minimum absolute atomic E-state index is 0.0369. The van der Waals surface area contributed by atoms with E-state index in [1.54, 1.807) is 38.4 Å². The lowest BCUT2D eigenvalue weighted by Crippen LogP contribution is -2.22. The van der Waals surface area contributed by atoms with E-state index in [0.29, 0.717) is 27.8 Å². The molecular formula is C22H20BrFN2O2. The van der Waals surface area contributed by atoms with Crippen molar-refractivity contribution in [1.82, 2.24) is 4.90 Å². The van der Waals surface area contributed by atoms with Crippen LogP contribution in [0.4, 0.5) is 4.39 Å². The second-order valence-corrected chi connectivity index (χ2v) is 7.13. The molecule has 4 nitrogen and oxygen atoms in total. The van der Waals surface area contributed by atoms with Gasteiger partial charge in [0.15, 0.2) is 0 Å². The normalized spacial score (nSPS) is 10.9. The summed E-state index contributed by atoms with van der Waals surface area (Å²) in [7, 11) is 3.19. The van der Waals surface area contributed by atoms with Crippen LogP contribution in [0.5, 0.6) is 5.75 Å². The standard InChI is InChI=1S/C22H20BrFN2O2/c1-4-6-17-9-16(10-18(13-25)22(27)26(2)3)12-20(23)21(17)28-14-15-7-5-8-19(24)11-15/h4-5,7-12H,1,6,14H2,2-3H3/b18-10-. The molecule has 0 atom stereocenters. The molecule has 6 heteroatoms. The van der Waals surface area contributed by atoms with Crippen LogP contribution < -0.4 is 4.74 Å². The number of amides is 1. The first kappa shape index (κ1) is 21.4. The Kier molecular flexibility index (Phi) is 7.53. The van der Waals surface area contributed by atoms with Gasteiger partial charge in [-0.1, -0.05) is 18.2 Å². The second-order valence-electron chi connectivity index (χ2n) is 6.27. The molecule has 0 aliphatic carbocycles. The molecular weight excluding hydrogens is 423 g/mol. The first-order valence-corrected chi connectivity index (χ1v) is 9.29. The molecule has 0 heterocycles. The smallest absolute Gasteiger partial charge is 0.264 e. The second kappa shape index (κ2) is 9.86. The predicted octanol–water partition coefficient (Wildman–Crippen LogP) is 4.89. The highest BCUT2D eigenvalue weighted by Gasteiger charge is 2.14. The summed E-state index contributed by atoms with van der Waals surface area (Å²) in [5.74, 6) is -0.0735. The maximum Gasteiger partial charge on any atom is 0.264 e. The van der Waals surface area contributed by atoms with Crippen molar-refractivity contribution in [2.24, 2.45) is 0 Å². The van der Waals surface area contributed by atoms with Crippen molar-refractivity contribution in [2.75, 3.05) is 14.1 Å². The number of ether oxygens (including phenoxy) is 1. The predicted molar refractivity (Wildman–Crippen MR) is 111 cm³/mol. The number of rotatable bonds is 7. The Balaban J connectivity index is 2.36. The molecule has 0 N–H and O–H groups in total. The highest BCUT2D eigenvalue weighted by molar-refractivity contribution is 9.10. The van der Waals surface area contributed by atoms with Crippen LogP contribution in [0.3, 0.4) is 0 Å². The summed E-state index contributed by atoms with van der Waals surface area (Å²) in [6, 6.07) is 11.8. The van der Waals surface area contributed by atoms with Gasteiger partial charge in [0, 0.05) is 14.1 Å². The van der Waals surface area contributed by atoms with Gasteiger partial charge >= 0.3 is 0 Å². The molecule has 144 valence electrons. The number of carbonyl (C=O) groups is 1. The lowest BCUT2D eigenvalue weighted by Gasteiger charge is -2.14. The molecule has 0 radical (unpaired) electrons. The average Bonchev–Trinajstić information content (AvgIpc) is 2.65. The Morgan fingerprint density at radius 3 is 2.71 bits per heavy atom. The molecule has 2 aromatic carbocycles. The summed E-state index contributed by atoms with van der Waals surface area (Å²) >= 11 is 3.49. The highest BCUT2D eigenvalue weighted by atomic mass is 79.9. The number of benzene rings is 2. The molecule has 0 bridgehead atoms. The zero-order chi connectivity index (χ0) is 20.7. The molecule has 0 saturated heterocycles. The van der Waals surface area contributed by atoms with Gasteiger partial charge in [-0.2, -0.15) is 5.26 Å². The number of allylic oxidation sites excluding steroid dienone is 1. The van der Waals surface area contributed by atoms with E-state index in [0.717, 1.165) is 5.56 Å². The van der Waals surface area contributed by atoms with E-state index in [1.807, 2.05) is 12.1 Å². The molecule has 0 spiro atoms. The van der Waals surface area contributed by atoms with Gasteiger partial charge in [-0.25, -0.2) is 4.39 Å². The van der Waals surface area contributed by atoms with Crippen molar-refractivity contribution < 1.29 is 13.9 Å². The number of nitrogens with zero attached hydrogens (tertiary/aromatic N) is 2. The van der Waals surface area contributed by atoms with Crippen LogP contribution in [-0.2, 0) is 17.8 Å². The summed E-state index contributed by atoms with van der Waals surface area (Å²) in [6.45, 7) is 3.97. The van der Waals surface area contributed by atoms with E-state index in [-0.39, 0.29) is 23.9 Å². The third-order valence-corrected chi connectivity index (χ3v) is 4.44. The molecule has 2 rings (SSSR count). The molecule has 1 amide bonds. The molecule has 0 unspecified atom stereocenters. The van der Waals surface area contributed by atoms with Gasteiger partial charge < -0.3 is 9.64 Å². The number of carbonyl (C=O) groups excluding carboxylic acids is 1. The number of hydrogen-bond donors (Lipinski definition) is 0. The van der Waals surface area contributed by atoms with Crippen LogP contribution in [0.25, 0.3) is 6.08 Å². The van der Waals surface area contributed by atoms with Crippen molar-refractivity contribution in [1.29, 1.82) is 5.26 Å². The largest absolute Gasteiger partial charge is 0.487 e. The third kappa shape index (κ3) is 5.54. The van der Waals surface area contributed by atoms with Crippen molar-refractivity contribution in [3.63, 3.8) is 0 Å². The van der Waals surface area contributed by atoms with Crippen molar-refractivity contribution in [2.45, 2.75) is 13.0 Å². The molecule has 0 fully saturated rings. The van der Waals surface area contributed by atoms with Gasteiger partial charge in [-0.15, -0.1) is 6.58 Å². The first-order chi connectivity index (χ1) is 13.3. The van der Waals surface area contributed by atoms with E-state index in [1.165, 1.54) is 23.1 Å². The Bertz CT molecular complexity index is 961. The first-order valence-electron chi connectivity index (χ1n) is 8.49. The maximum atomic E-state index is 13.4. The summed E-state index contributed by atoms with van der Waals surface area (Å²) in [4.78, 5) is 13.4. The SMILES string of the molecule is C=CCc1cc(/C=C(/C#N)C(=O)N(C)C)cc(Br)c1OCc1cccc(F)c1. The lowest BCUT2D eigenvalue weighted by molar-refractivity contribution is -0.124. The van der Waals surface area contributed by atoms with Crippen LogP contribution in [0.2, 0.25) is 0 Å². The zero-order valence-electron chi connectivity index (χ0n) is 15.7. The van der Waals surface area contributed by atoms with E-state index in [2.05, 4.69) is 22.5 Å². The maximum absolute atomic E-state index is 13.4. The fraction of sp³-hybridized carbons (Fsp3) is 0.182. The number of likely N-dealkylation sites (N-methyl/N-ethyl adjacent to an activating group) is 1. The van der Waals surface area contributed by atoms with Crippen LogP contribution in [0.15, 0.2) is 59.1 Å². The molecule has 0 aliphatic heterocycles. The third-order valence-electron chi connectivity index (χ3n) is 3.85. The summed E-state index contributed by atoms with van der Waals surface area (Å²) < 4.78 is 19.9. The Hall–Kier alpha value is -2.91. The molecule has 2 aromatic rings. The topological polar surface area (TPSA) is 53.3 Å². The minimum Gasteiger partial charge on any atom is -0.487 e. The fourth-order valence-corrected chi connectivity index (χ4v) is 3.19. The number of halogens is 2. The Labute approximate surface area is 172 Å². The lowest BCUT2D eigenvalue weighted by atomic mass is 10.0. The quantitative estimate of drug-likeness (QED) is 0.348. The summed E-state index contributed by atoms with van der Waals surface area (Å²) in [5.41, 5.74) is 2.27. The summed E-state index contributed by atoms with van der Waals surface area (Å²) in [6.07, 6.45) is 3.80. The van der Waals surface area contributed by atoms with Gasteiger partial charge in [0.2, 0.25) is 0 Å². The van der Waals surface area contributed by atoms with E-state index in [4.69, 9.17) is 4.74 Å². The molecule has 0 aromatic heterocycles. The van der Waals surface area contributed by atoms with Crippen LogP contribution in [0.1, 0.15) is 16.7 Å². The van der Waals surface area contributed by atoms with Gasteiger partial charge in [0.25, 0.3) is 5.91 Å². The minimum atomic E-state index is -0.365. The number of hydrogen-bond acceptors (Lipinski definition) is 3. The Morgan fingerprint density at radius 2 is 2.11 bits per heavy atom. The Morgan fingerprint density at radius 1 is 1.36 bits per heavy atom. The molecule has 0 saturated carbocycles. The van der Waals surface area contributed by atoms with Crippen LogP contribution >= 0.6 is 15.9 Å². The summed E-state index contributed by atoms with van der Waals surface area (Å²) in [5, 5.41) is 9.29. The van der Waals surface area contributed by atoms with Crippen molar-refractivity contribution in [3.8, 4) is 11.8 Å². The zero-order valence-corrected chi connectivity index (χ0v) is 17.3. The van der Waals surface area contributed by atoms with Gasteiger partial charge in [-0.3, -0.25) is 4.79 Å². The monoisotopic (exact) mass is 442 g/mol. The fourth-order valence-electron chi connectivity index (χ4n) is 2.56. The van der Waals surface area contributed by atoms with Crippen molar-refractivity contribution >= 4 is 27.9 Å². The molecule has 28 heavy (non-hydrogen) atoms. The average molecular weight is 443 g/mol. The van der Waals surface area contributed by atoms with E-state index >= 15 is 0 Å². The molecule has 0 aliphatic rings. The number of nitriles is 1. The van der Waals surface area contributed by atoms with Crippen LogP contribution in [0, 0.1) is 17.1 Å². The van der Waals surface area contributed by atoms with E-state index in [9.17, 15) is 14.4 Å². The van der Waals surface area contributed by atoms with Gasteiger partial charge in [0.1, 0.15) is 29.8 Å². The highest BCUT2D eigenvalue weighted by Crippen LogP contribution is 2.33. The van der Waals surface area contributed by atoms with Gasteiger partial charge in [-0.05, 0) is 69.4 Å². The van der Waals surface area contributed by atoms with Gasteiger partial charge in [0.05, 0.1) is 4.47 Å². The van der Waals surface area contributed by atoms with E-state index < -0.39 is 0 Å². The van der Waals surface area contributed by atoms with Crippen LogP contribution in [-0.4, -0.2) is 24.9 Å².